The molecular formula is C26H28Cl2F3N5O2S. The molecule has 0 radical (unpaired) electrons. The zero-order chi connectivity index (χ0) is 28.4. The van der Waals surface area contributed by atoms with Crippen molar-refractivity contribution in [2.75, 3.05) is 36.8 Å². The third-order valence-electron chi connectivity index (χ3n) is 7.08. The standard InChI is InChI=1S/C26H28Cl2F3N5O2S/c1-35(2)25(10-7-18-5-3-6-19(13-18)26(29,30)31)9-4-12-36(16-25)20-14-21(27)24(22(28)15-20)39(37,38)34-23-8-11-32-17-33-23/h3,5-6,8,11,13-15,17H,4,7,9-10,12,16H2,1-2H3,(H,32,33,34)/t25-/m0/s1. The van der Waals surface area contributed by atoms with Crippen LogP contribution in [-0.4, -0.2) is 56.0 Å². The first-order valence-electron chi connectivity index (χ1n) is 12.2. The molecule has 4 rings (SSSR count). The van der Waals surface area contributed by atoms with Crippen molar-refractivity contribution in [3.8, 4) is 0 Å². The Morgan fingerprint density at radius 3 is 2.46 bits per heavy atom. The Hall–Kier alpha value is -2.60. The number of nitrogens with zero attached hydrogens (tertiary/aromatic N) is 4. The van der Waals surface area contributed by atoms with E-state index in [-0.39, 0.29) is 26.3 Å². The molecule has 1 N–H and O–H groups in total. The minimum atomic E-state index is -4.39. The van der Waals surface area contributed by atoms with Crippen molar-refractivity contribution in [2.24, 2.45) is 0 Å². The molecule has 1 aliphatic heterocycles. The number of alkyl halides is 3. The quantitative estimate of drug-likeness (QED) is 0.334. The van der Waals surface area contributed by atoms with E-state index in [1.807, 2.05) is 14.1 Å². The van der Waals surface area contributed by atoms with Crippen molar-refractivity contribution in [3.05, 3.63) is 76.2 Å². The summed E-state index contributed by atoms with van der Waals surface area (Å²) in [5, 5.41) is -0.0758. The van der Waals surface area contributed by atoms with E-state index in [0.29, 0.717) is 37.2 Å². The number of piperidine rings is 1. The van der Waals surface area contributed by atoms with Gasteiger partial charge in [0.15, 0.2) is 0 Å². The third kappa shape index (κ3) is 6.77. The third-order valence-corrected chi connectivity index (χ3v) is 9.35. The zero-order valence-corrected chi connectivity index (χ0v) is 23.7. The molecule has 0 unspecified atom stereocenters. The maximum atomic E-state index is 13.2. The Kier molecular flexibility index (Phi) is 8.65. The van der Waals surface area contributed by atoms with Gasteiger partial charge in [0.2, 0.25) is 0 Å². The number of aryl methyl sites for hydroxylation is 1. The SMILES string of the molecule is CN(C)[C@]1(CCc2cccc(C(F)(F)F)c2)CCCN(c2cc(Cl)c(S(=O)(=O)Nc3ccncn3)c(Cl)c2)C1. The number of likely N-dealkylation sites (N-methyl/N-ethyl adjacent to an activating group) is 1. The second-order valence-electron chi connectivity index (χ2n) is 9.78. The van der Waals surface area contributed by atoms with Gasteiger partial charge in [-0.25, -0.2) is 18.4 Å². The predicted octanol–water partition coefficient (Wildman–Crippen LogP) is 6.14. The van der Waals surface area contributed by atoms with E-state index in [4.69, 9.17) is 23.2 Å². The Balaban J connectivity index is 1.56. The average Bonchev–Trinajstić information content (AvgIpc) is 2.87. The van der Waals surface area contributed by atoms with Crippen molar-refractivity contribution in [1.82, 2.24) is 14.9 Å². The lowest BCUT2D eigenvalue weighted by atomic mass is 9.82. The first-order valence-corrected chi connectivity index (χ1v) is 14.4. The molecule has 39 heavy (non-hydrogen) atoms. The van der Waals surface area contributed by atoms with E-state index < -0.39 is 21.8 Å². The summed E-state index contributed by atoms with van der Waals surface area (Å²) in [6, 6.07) is 9.98. The van der Waals surface area contributed by atoms with E-state index >= 15 is 0 Å². The highest BCUT2D eigenvalue weighted by atomic mass is 35.5. The number of sulfonamides is 1. The molecule has 0 amide bonds. The van der Waals surface area contributed by atoms with Gasteiger partial charge >= 0.3 is 6.18 Å². The fourth-order valence-electron chi connectivity index (χ4n) is 4.93. The summed E-state index contributed by atoms with van der Waals surface area (Å²) in [4.78, 5) is 11.6. The monoisotopic (exact) mass is 601 g/mol. The molecule has 0 saturated carbocycles. The van der Waals surface area contributed by atoms with Crippen LogP contribution in [0.2, 0.25) is 10.0 Å². The number of halogens is 5. The van der Waals surface area contributed by atoms with Gasteiger partial charge in [0, 0.05) is 30.5 Å². The Morgan fingerprint density at radius 2 is 1.85 bits per heavy atom. The minimum Gasteiger partial charge on any atom is -0.370 e. The number of anilines is 2. The highest BCUT2D eigenvalue weighted by Crippen LogP contribution is 2.39. The molecule has 3 aromatic rings. The number of nitrogens with one attached hydrogen (secondary N) is 1. The van der Waals surface area contributed by atoms with Crippen LogP contribution < -0.4 is 9.62 Å². The highest BCUT2D eigenvalue weighted by Gasteiger charge is 2.38. The van der Waals surface area contributed by atoms with Gasteiger partial charge in [-0.3, -0.25) is 4.72 Å². The maximum Gasteiger partial charge on any atom is 0.416 e. The van der Waals surface area contributed by atoms with Crippen molar-refractivity contribution < 1.29 is 21.6 Å². The minimum absolute atomic E-state index is 0.0379. The van der Waals surface area contributed by atoms with E-state index in [0.717, 1.165) is 18.9 Å². The van der Waals surface area contributed by atoms with Gasteiger partial charge < -0.3 is 9.80 Å². The van der Waals surface area contributed by atoms with Crippen LogP contribution >= 0.6 is 23.2 Å². The molecule has 1 aromatic heterocycles. The second kappa shape index (κ2) is 11.5. The normalized spacial score (nSPS) is 18.4. The van der Waals surface area contributed by atoms with Crippen molar-refractivity contribution in [1.29, 1.82) is 0 Å². The van der Waals surface area contributed by atoms with Crippen LogP contribution in [0.4, 0.5) is 24.7 Å². The summed E-state index contributed by atoms with van der Waals surface area (Å²) >= 11 is 12.9. The maximum absolute atomic E-state index is 13.2. The van der Waals surface area contributed by atoms with Crippen LogP contribution in [-0.2, 0) is 22.6 Å². The smallest absolute Gasteiger partial charge is 0.370 e. The van der Waals surface area contributed by atoms with Crippen molar-refractivity contribution in [3.63, 3.8) is 0 Å². The van der Waals surface area contributed by atoms with E-state index in [1.54, 1.807) is 18.2 Å². The molecule has 1 saturated heterocycles. The summed E-state index contributed by atoms with van der Waals surface area (Å²) < 4.78 is 67.9. The van der Waals surface area contributed by atoms with Crippen molar-refractivity contribution in [2.45, 2.75) is 42.3 Å². The van der Waals surface area contributed by atoms with Crippen LogP contribution in [0.3, 0.4) is 0 Å². The molecule has 7 nitrogen and oxygen atoms in total. The summed E-state index contributed by atoms with van der Waals surface area (Å²) in [6.07, 6.45) is 1.01. The number of rotatable bonds is 8. The first-order chi connectivity index (χ1) is 18.3. The van der Waals surface area contributed by atoms with Crippen LogP contribution in [0.25, 0.3) is 0 Å². The number of benzene rings is 2. The first kappa shape index (κ1) is 29.4. The fourth-order valence-corrected chi connectivity index (χ4v) is 7.15. The second-order valence-corrected chi connectivity index (χ2v) is 12.2. The lowest BCUT2D eigenvalue weighted by Crippen LogP contribution is -2.56. The average molecular weight is 603 g/mol. The van der Waals surface area contributed by atoms with Crippen LogP contribution in [0, 0.1) is 0 Å². The van der Waals surface area contributed by atoms with E-state index in [1.165, 1.54) is 30.7 Å². The van der Waals surface area contributed by atoms with Crippen LogP contribution in [0.15, 0.2) is 59.9 Å². The Bertz CT molecular complexity index is 1400. The lowest BCUT2D eigenvalue weighted by Gasteiger charge is -2.48. The van der Waals surface area contributed by atoms with Gasteiger partial charge in [-0.15, -0.1) is 0 Å². The van der Waals surface area contributed by atoms with Gasteiger partial charge in [0.1, 0.15) is 17.0 Å². The molecular weight excluding hydrogens is 574 g/mol. The molecule has 1 atom stereocenters. The topological polar surface area (TPSA) is 78.4 Å². The molecule has 2 aromatic carbocycles. The molecule has 0 aliphatic carbocycles. The largest absolute Gasteiger partial charge is 0.416 e. The highest BCUT2D eigenvalue weighted by molar-refractivity contribution is 7.93. The molecule has 0 bridgehead atoms. The van der Waals surface area contributed by atoms with Gasteiger partial charge in [0.25, 0.3) is 10.0 Å². The predicted molar refractivity (Wildman–Crippen MR) is 147 cm³/mol. The van der Waals surface area contributed by atoms with E-state index in [2.05, 4.69) is 24.5 Å². The molecule has 1 fully saturated rings. The molecule has 2 heterocycles. The number of hydrogen-bond donors (Lipinski definition) is 1. The summed E-state index contributed by atoms with van der Waals surface area (Å²) in [6.45, 7) is 1.26. The van der Waals surface area contributed by atoms with Gasteiger partial charge in [-0.1, -0.05) is 41.4 Å². The van der Waals surface area contributed by atoms with Gasteiger partial charge in [0.05, 0.1) is 15.6 Å². The van der Waals surface area contributed by atoms with Gasteiger partial charge in [-0.05, 0) is 69.6 Å². The summed E-state index contributed by atoms with van der Waals surface area (Å²) in [7, 11) is -0.198. The van der Waals surface area contributed by atoms with Crippen molar-refractivity contribution >= 4 is 44.7 Å². The molecule has 0 spiro atoms. The molecule has 1 aliphatic rings. The van der Waals surface area contributed by atoms with Crippen LogP contribution in [0.5, 0.6) is 0 Å². The Labute approximate surface area is 236 Å². The zero-order valence-electron chi connectivity index (χ0n) is 21.3. The summed E-state index contributed by atoms with van der Waals surface area (Å²) in [5.41, 5.74) is 0.304. The van der Waals surface area contributed by atoms with E-state index in [9.17, 15) is 21.6 Å². The van der Waals surface area contributed by atoms with Crippen LogP contribution in [0.1, 0.15) is 30.4 Å². The number of aromatic nitrogens is 2. The Morgan fingerprint density at radius 1 is 1.13 bits per heavy atom. The number of hydrogen-bond acceptors (Lipinski definition) is 6. The lowest BCUT2D eigenvalue weighted by molar-refractivity contribution is -0.137. The molecule has 210 valence electrons. The fraction of sp³-hybridized carbons (Fsp3) is 0.385. The summed E-state index contributed by atoms with van der Waals surface area (Å²) in [5.74, 6) is 0.0776. The molecule has 13 heteroatoms. The van der Waals surface area contributed by atoms with Gasteiger partial charge in [-0.2, -0.15) is 13.2 Å².